The Morgan fingerprint density at radius 2 is 2.14 bits per heavy atom. The van der Waals surface area contributed by atoms with Gasteiger partial charge in [0.15, 0.2) is 0 Å². The lowest BCUT2D eigenvalue weighted by molar-refractivity contribution is -0.125. The quantitative estimate of drug-likeness (QED) is 0.884. The van der Waals surface area contributed by atoms with Crippen LogP contribution in [0.3, 0.4) is 0 Å². The van der Waals surface area contributed by atoms with Gasteiger partial charge < -0.3 is 9.84 Å². The molecule has 1 aromatic heterocycles. The molecule has 1 aromatic rings. The Labute approximate surface area is 124 Å². The van der Waals surface area contributed by atoms with E-state index in [1.54, 1.807) is 13.8 Å². The van der Waals surface area contributed by atoms with Crippen molar-refractivity contribution < 1.29 is 17.7 Å². The number of aromatic nitrogens is 1. The van der Waals surface area contributed by atoms with Gasteiger partial charge in [0.25, 0.3) is 0 Å². The van der Waals surface area contributed by atoms with Gasteiger partial charge in [0.05, 0.1) is 11.9 Å². The van der Waals surface area contributed by atoms with Crippen molar-refractivity contribution in [1.29, 1.82) is 0 Å². The fraction of sp³-hybridized carbons (Fsp3) is 0.692. The molecule has 1 atom stereocenters. The number of nitrogens with one attached hydrogen (secondary N) is 1. The van der Waals surface area contributed by atoms with Crippen LogP contribution in [0.15, 0.2) is 4.52 Å². The average molecular weight is 315 g/mol. The van der Waals surface area contributed by atoms with Gasteiger partial charge in [0.2, 0.25) is 15.9 Å². The largest absolute Gasteiger partial charge is 0.361 e. The van der Waals surface area contributed by atoms with Crippen molar-refractivity contribution in [3.63, 3.8) is 0 Å². The lowest BCUT2D eigenvalue weighted by Crippen LogP contribution is -2.51. The van der Waals surface area contributed by atoms with E-state index >= 15 is 0 Å². The van der Waals surface area contributed by atoms with Crippen LogP contribution in [-0.2, 0) is 21.4 Å². The molecule has 118 valence electrons. The molecule has 1 amide bonds. The summed E-state index contributed by atoms with van der Waals surface area (Å²) in [7, 11) is -3.37. The summed E-state index contributed by atoms with van der Waals surface area (Å²) in [6.07, 6.45) is 3.35. The van der Waals surface area contributed by atoms with Crippen molar-refractivity contribution in [3.05, 3.63) is 17.0 Å². The fourth-order valence-electron chi connectivity index (χ4n) is 2.61. The highest BCUT2D eigenvalue weighted by atomic mass is 32.2. The van der Waals surface area contributed by atoms with Crippen LogP contribution in [0, 0.1) is 13.8 Å². The predicted molar refractivity (Wildman–Crippen MR) is 77.0 cm³/mol. The zero-order valence-corrected chi connectivity index (χ0v) is 13.4. The van der Waals surface area contributed by atoms with Crippen LogP contribution < -0.4 is 5.32 Å². The van der Waals surface area contributed by atoms with Gasteiger partial charge in [-0.3, -0.25) is 4.79 Å². The van der Waals surface area contributed by atoms with Crippen LogP contribution in [0.4, 0.5) is 0 Å². The Morgan fingerprint density at radius 1 is 1.43 bits per heavy atom. The van der Waals surface area contributed by atoms with Crippen LogP contribution >= 0.6 is 0 Å². The van der Waals surface area contributed by atoms with Crippen molar-refractivity contribution in [2.75, 3.05) is 12.8 Å². The summed E-state index contributed by atoms with van der Waals surface area (Å²) in [4.78, 5) is 12.3. The first-order valence-corrected chi connectivity index (χ1v) is 8.82. The Kier molecular flexibility index (Phi) is 4.67. The maximum atomic E-state index is 12.3. The van der Waals surface area contributed by atoms with E-state index in [4.69, 9.17) is 4.52 Å². The van der Waals surface area contributed by atoms with Crippen LogP contribution in [-0.4, -0.2) is 42.6 Å². The number of sulfonamides is 1. The van der Waals surface area contributed by atoms with Crippen LogP contribution in [0.5, 0.6) is 0 Å². The highest BCUT2D eigenvalue weighted by Gasteiger charge is 2.34. The molecule has 1 aliphatic heterocycles. The van der Waals surface area contributed by atoms with Crippen LogP contribution in [0.2, 0.25) is 0 Å². The molecule has 1 aliphatic rings. The summed E-state index contributed by atoms with van der Waals surface area (Å²) < 4.78 is 29.9. The lowest BCUT2D eigenvalue weighted by Gasteiger charge is -2.32. The molecule has 0 radical (unpaired) electrons. The highest BCUT2D eigenvalue weighted by Crippen LogP contribution is 2.20. The number of nitrogens with zero attached hydrogens (tertiary/aromatic N) is 2. The van der Waals surface area contributed by atoms with Gasteiger partial charge in [0.1, 0.15) is 11.8 Å². The molecule has 0 spiro atoms. The summed E-state index contributed by atoms with van der Waals surface area (Å²) in [5.74, 6) is 0.400. The number of carbonyl (C=O) groups excluding carboxylic acids is 1. The molecule has 0 bridgehead atoms. The molecule has 1 fully saturated rings. The minimum Gasteiger partial charge on any atom is -0.361 e. The van der Waals surface area contributed by atoms with Crippen molar-refractivity contribution in [2.24, 2.45) is 0 Å². The zero-order chi connectivity index (χ0) is 15.6. The molecule has 1 N–H and O–H groups in total. The Hall–Kier alpha value is -1.41. The minimum absolute atomic E-state index is 0.264. The summed E-state index contributed by atoms with van der Waals surface area (Å²) in [6, 6.07) is -0.616. The third kappa shape index (κ3) is 3.62. The molecular weight excluding hydrogens is 294 g/mol. The third-order valence-corrected chi connectivity index (χ3v) is 5.09. The summed E-state index contributed by atoms with van der Waals surface area (Å²) in [5.41, 5.74) is 1.57. The van der Waals surface area contributed by atoms with Gasteiger partial charge in [-0.1, -0.05) is 11.6 Å². The second-order valence-electron chi connectivity index (χ2n) is 5.41. The van der Waals surface area contributed by atoms with Crippen LogP contribution in [0.25, 0.3) is 0 Å². The first kappa shape index (κ1) is 16.0. The molecule has 0 unspecified atom stereocenters. The molecule has 0 aliphatic carbocycles. The molecule has 0 aromatic carbocycles. The van der Waals surface area contributed by atoms with Gasteiger partial charge in [-0.2, -0.15) is 4.31 Å². The molecule has 2 heterocycles. The number of aryl methyl sites for hydroxylation is 2. The Bertz CT molecular complexity index is 604. The minimum atomic E-state index is -3.37. The number of amides is 1. The normalized spacial score (nSPS) is 20.4. The second kappa shape index (κ2) is 6.15. The van der Waals surface area contributed by atoms with E-state index in [0.717, 1.165) is 30.4 Å². The van der Waals surface area contributed by atoms with Gasteiger partial charge in [-0.25, -0.2) is 8.42 Å². The van der Waals surface area contributed by atoms with E-state index in [2.05, 4.69) is 10.5 Å². The number of rotatable bonds is 4. The first-order valence-electron chi connectivity index (χ1n) is 6.97. The van der Waals surface area contributed by atoms with Crippen molar-refractivity contribution in [2.45, 2.75) is 45.7 Å². The van der Waals surface area contributed by atoms with E-state index in [1.165, 1.54) is 4.31 Å². The van der Waals surface area contributed by atoms with E-state index in [9.17, 15) is 13.2 Å². The molecule has 21 heavy (non-hydrogen) atoms. The number of carbonyl (C=O) groups is 1. The third-order valence-electron chi connectivity index (χ3n) is 3.80. The van der Waals surface area contributed by atoms with Crippen molar-refractivity contribution in [3.8, 4) is 0 Å². The summed E-state index contributed by atoms with van der Waals surface area (Å²) >= 11 is 0. The average Bonchev–Trinajstić information content (AvgIpc) is 2.74. The zero-order valence-electron chi connectivity index (χ0n) is 12.5. The van der Waals surface area contributed by atoms with Gasteiger partial charge in [-0.05, 0) is 26.7 Å². The van der Waals surface area contributed by atoms with E-state index in [0.29, 0.717) is 25.3 Å². The van der Waals surface area contributed by atoms with Crippen LogP contribution in [0.1, 0.15) is 36.3 Å². The fourth-order valence-corrected chi connectivity index (χ4v) is 3.74. The predicted octanol–water partition coefficient (Wildman–Crippen LogP) is 0.722. The SMILES string of the molecule is Cc1noc(C)c1CNC(=O)[C@@H]1CCCCN1S(C)(=O)=O. The van der Waals surface area contributed by atoms with Gasteiger partial charge in [-0.15, -0.1) is 0 Å². The monoisotopic (exact) mass is 315 g/mol. The Balaban J connectivity index is 2.05. The lowest BCUT2D eigenvalue weighted by atomic mass is 10.0. The van der Waals surface area contributed by atoms with Gasteiger partial charge >= 0.3 is 0 Å². The number of hydrogen-bond donors (Lipinski definition) is 1. The topological polar surface area (TPSA) is 92.5 Å². The first-order chi connectivity index (χ1) is 9.80. The van der Waals surface area contributed by atoms with Gasteiger partial charge in [0, 0.05) is 18.7 Å². The van der Waals surface area contributed by atoms with E-state index in [-0.39, 0.29) is 5.91 Å². The molecule has 1 saturated heterocycles. The maximum absolute atomic E-state index is 12.3. The molecule has 8 heteroatoms. The van der Waals surface area contributed by atoms with Crippen molar-refractivity contribution >= 4 is 15.9 Å². The summed E-state index contributed by atoms with van der Waals surface area (Å²) in [5, 5.41) is 6.62. The maximum Gasteiger partial charge on any atom is 0.238 e. The molecule has 7 nitrogen and oxygen atoms in total. The summed E-state index contributed by atoms with van der Waals surface area (Å²) in [6.45, 7) is 4.29. The second-order valence-corrected chi connectivity index (χ2v) is 7.34. The molecular formula is C13H21N3O4S. The number of hydrogen-bond acceptors (Lipinski definition) is 5. The molecule has 0 saturated carbocycles. The Morgan fingerprint density at radius 3 is 2.71 bits per heavy atom. The van der Waals surface area contributed by atoms with E-state index < -0.39 is 16.1 Å². The molecule has 2 rings (SSSR count). The standard InChI is InChI=1S/C13H21N3O4S/c1-9-11(10(2)20-15-9)8-14-13(17)12-6-4-5-7-16(12)21(3,18)19/h12H,4-8H2,1-3H3,(H,14,17)/t12-/m0/s1. The highest BCUT2D eigenvalue weighted by molar-refractivity contribution is 7.88. The van der Waals surface area contributed by atoms with E-state index in [1.807, 2.05) is 0 Å². The smallest absolute Gasteiger partial charge is 0.238 e. The number of piperidine rings is 1. The van der Waals surface area contributed by atoms with Crippen molar-refractivity contribution in [1.82, 2.24) is 14.8 Å².